The van der Waals surface area contributed by atoms with Gasteiger partial charge < -0.3 is 15.0 Å². The monoisotopic (exact) mass is 421 g/mol. The van der Waals surface area contributed by atoms with Crippen molar-refractivity contribution in [2.24, 2.45) is 5.92 Å². The Bertz CT molecular complexity index is 943. The first kappa shape index (κ1) is 20.3. The molecule has 1 atom stereocenters. The first-order chi connectivity index (χ1) is 13.3. The molecule has 1 saturated heterocycles. The lowest BCUT2D eigenvalue weighted by molar-refractivity contribution is -0.122. The minimum atomic E-state index is -0.511. The molecule has 0 aliphatic carbocycles. The number of esters is 1. The molecular formula is C19H20ClN3O4S. The fourth-order valence-corrected chi connectivity index (χ4v) is 3.96. The van der Waals surface area contributed by atoms with Crippen LogP contribution < -0.4 is 10.2 Å². The van der Waals surface area contributed by atoms with Crippen molar-refractivity contribution in [3.63, 3.8) is 0 Å². The van der Waals surface area contributed by atoms with Crippen LogP contribution in [0.15, 0.2) is 18.2 Å². The van der Waals surface area contributed by atoms with Gasteiger partial charge >= 0.3 is 5.97 Å². The second-order valence-corrected chi connectivity index (χ2v) is 7.89. The second kappa shape index (κ2) is 8.28. The molecule has 3 rings (SSSR count). The van der Waals surface area contributed by atoms with E-state index in [0.717, 1.165) is 16.9 Å². The summed E-state index contributed by atoms with van der Waals surface area (Å²) < 4.78 is 4.98. The van der Waals surface area contributed by atoms with E-state index in [9.17, 15) is 14.4 Å². The number of hydrogen-bond donors (Lipinski definition) is 1. The van der Waals surface area contributed by atoms with Crippen LogP contribution in [0.2, 0.25) is 5.02 Å². The van der Waals surface area contributed by atoms with Crippen molar-refractivity contribution < 1.29 is 19.1 Å². The third-order valence-corrected chi connectivity index (χ3v) is 5.91. The highest BCUT2D eigenvalue weighted by atomic mass is 35.5. The van der Waals surface area contributed by atoms with E-state index in [0.29, 0.717) is 26.4 Å². The summed E-state index contributed by atoms with van der Waals surface area (Å²) >= 11 is 7.21. The predicted molar refractivity (Wildman–Crippen MR) is 108 cm³/mol. The van der Waals surface area contributed by atoms with Gasteiger partial charge in [0.05, 0.1) is 18.2 Å². The molecule has 0 spiro atoms. The molecule has 7 nitrogen and oxygen atoms in total. The third kappa shape index (κ3) is 4.18. The number of thiazole rings is 1. The smallest absolute Gasteiger partial charge is 0.350 e. The van der Waals surface area contributed by atoms with Crippen LogP contribution in [0.5, 0.6) is 0 Å². The van der Waals surface area contributed by atoms with Crippen molar-refractivity contribution >= 4 is 51.5 Å². The van der Waals surface area contributed by atoms with Gasteiger partial charge in [0.2, 0.25) is 11.8 Å². The van der Waals surface area contributed by atoms with E-state index in [1.807, 2.05) is 19.1 Å². The van der Waals surface area contributed by atoms with Crippen LogP contribution in [0.4, 0.5) is 10.8 Å². The number of nitrogens with zero attached hydrogens (tertiary/aromatic N) is 2. The molecule has 0 bridgehead atoms. The standard InChI is InChI=1S/C19H20ClN3O4S/c1-4-27-18(26)16-11(3)21-19(28-16)22-17(25)12-7-15(24)23(9-12)13-6-5-10(2)14(20)8-13/h5-6,8,12H,4,7,9H2,1-3H3,(H,21,22,25). The van der Waals surface area contributed by atoms with Gasteiger partial charge in [-0.05, 0) is 38.5 Å². The van der Waals surface area contributed by atoms with Gasteiger partial charge in [0, 0.05) is 23.7 Å². The average molecular weight is 422 g/mol. The lowest BCUT2D eigenvalue weighted by Crippen LogP contribution is -2.28. The predicted octanol–water partition coefficient (Wildman–Crippen LogP) is 3.58. The highest BCUT2D eigenvalue weighted by Crippen LogP contribution is 2.30. The maximum Gasteiger partial charge on any atom is 0.350 e. The number of hydrogen-bond acceptors (Lipinski definition) is 6. The Morgan fingerprint density at radius 3 is 2.82 bits per heavy atom. The minimum absolute atomic E-state index is 0.104. The molecule has 1 aliphatic heterocycles. The zero-order chi connectivity index (χ0) is 20.4. The molecule has 2 heterocycles. The summed E-state index contributed by atoms with van der Waals surface area (Å²) in [4.78, 5) is 43.0. The zero-order valence-electron chi connectivity index (χ0n) is 15.7. The molecule has 1 fully saturated rings. The third-order valence-electron chi connectivity index (χ3n) is 4.45. The van der Waals surface area contributed by atoms with Crippen LogP contribution in [0.25, 0.3) is 0 Å². The first-order valence-corrected chi connectivity index (χ1v) is 10.0. The van der Waals surface area contributed by atoms with Crippen LogP contribution in [0, 0.1) is 19.8 Å². The van der Waals surface area contributed by atoms with Crippen LogP contribution in [-0.4, -0.2) is 35.9 Å². The number of aromatic nitrogens is 1. The number of anilines is 2. The van der Waals surface area contributed by atoms with Crippen molar-refractivity contribution in [3.8, 4) is 0 Å². The number of amides is 2. The van der Waals surface area contributed by atoms with Crippen molar-refractivity contribution in [2.75, 3.05) is 23.4 Å². The maximum absolute atomic E-state index is 12.6. The normalized spacial score (nSPS) is 16.4. The summed E-state index contributed by atoms with van der Waals surface area (Å²) in [5.74, 6) is -1.42. The van der Waals surface area contributed by atoms with E-state index in [2.05, 4.69) is 10.3 Å². The number of ether oxygens (including phenoxy) is 1. The van der Waals surface area contributed by atoms with Crippen LogP contribution in [0.3, 0.4) is 0 Å². The summed E-state index contributed by atoms with van der Waals surface area (Å²) in [6.45, 7) is 5.82. The van der Waals surface area contributed by atoms with Crippen LogP contribution in [-0.2, 0) is 14.3 Å². The number of carbonyl (C=O) groups excluding carboxylic acids is 3. The van der Waals surface area contributed by atoms with Gasteiger partial charge in [0.25, 0.3) is 0 Å². The molecule has 2 amide bonds. The highest BCUT2D eigenvalue weighted by molar-refractivity contribution is 7.17. The molecule has 2 aromatic rings. The fraction of sp³-hybridized carbons (Fsp3) is 0.368. The van der Waals surface area contributed by atoms with Crippen molar-refractivity contribution in [1.29, 1.82) is 0 Å². The Morgan fingerprint density at radius 1 is 1.39 bits per heavy atom. The molecule has 1 unspecified atom stereocenters. The Hall–Kier alpha value is -2.45. The SMILES string of the molecule is CCOC(=O)c1sc(NC(=O)C2CC(=O)N(c3ccc(C)c(Cl)c3)C2)nc1C. The van der Waals surface area contributed by atoms with Gasteiger partial charge in [-0.1, -0.05) is 29.0 Å². The highest BCUT2D eigenvalue weighted by Gasteiger charge is 2.35. The number of aryl methyl sites for hydroxylation is 2. The number of halogens is 1. The second-order valence-electron chi connectivity index (χ2n) is 6.48. The molecule has 9 heteroatoms. The number of benzene rings is 1. The number of rotatable bonds is 5. The molecule has 0 radical (unpaired) electrons. The topological polar surface area (TPSA) is 88.6 Å². The lowest BCUT2D eigenvalue weighted by atomic mass is 10.1. The van der Waals surface area contributed by atoms with Crippen molar-refractivity contribution in [3.05, 3.63) is 39.4 Å². The number of nitrogens with one attached hydrogen (secondary N) is 1. The summed E-state index contributed by atoms with van der Waals surface area (Å²) in [6.07, 6.45) is 0.104. The summed E-state index contributed by atoms with van der Waals surface area (Å²) in [5.41, 5.74) is 2.09. The molecule has 28 heavy (non-hydrogen) atoms. The molecular weight excluding hydrogens is 402 g/mol. The summed E-state index contributed by atoms with van der Waals surface area (Å²) in [6, 6.07) is 5.38. The Morgan fingerprint density at radius 2 is 2.14 bits per heavy atom. The zero-order valence-corrected chi connectivity index (χ0v) is 17.3. The van der Waals surface area contributed by atoms with Crippen LogP contribution >= 0.6 is 22.9 Å². The Kier molecular flexibility index (Phi) is 6.00. The van der Waals surface area contributed by atoms with E-state index in [-0.39, 0.29) is 31.4 Å². The Balaban J connectivity index is 1.69. The van der Waals surface area contributed by atoms with Crippen molar-refractivity contribution in [1.82, 2.24) is 4.98 Å². The van der Waals surface area contributed by atoms with Gasteiger partial charge in [-0.25, -0.2) is 9.78 Å². The van der Waals surface area contributed by atoms with E-state index in [1.54, 1.807) is 24.8 Å². The quantitative estimate of drug-likeness (QED) is 0.745. The van der Waals surface area contributed by atoms with Gasteiger partial charge in [0.15, 0.2) is 5.13 Å². The fourth-order valence-electron chi connectivity index (χ4n) is 2.93. The van der Waals surface area contributed by atoms with E-state index < -0.39 is 11.9 Å². The molecule has 1 aromatic carbocycles. The van der Waals surface area contributed by atoms with Gasteiger partial charge in [-0.3, -0.25) is 9.59 Å². The molecule has 1 N–H and O–H groups in total. The van der Waals surface area contributed by atoms with Gasteiger partial charge in [-0.2, -0.15) is 0 Å². The first-order valence-electron chi connectivity index (χ1n) is 8.82. The lowest BCUT2D eigenvalue weighted by Gasteiger charge is -2.17. The molecule has 1 aromatic heterocycles. The van der Waals surface area contributed by atoms with Crippen molar-refractivity contribution in [2.45, 2.75) is 27.2 Å². The molecule has 0 saturated carbocycles. The largest absolute Gasteiger partial charge is 0.462 e. The van der Waals surface area contributed by atoms with E-state index in [4.69, 9.17) is 16.3 Å². The van der Waals surface area contributed by atoms with E-state index >= 15 is 0 Å². The minimum Gasteiger partial charge on any atom is -0.462 e. The van der Waals surface area contributed by atoms with Crippen LogP contribution in [0.1, 0.15) is 34.3 Å². The maximum atomic E-state index is 12.6. The summed E-state index contributed by atoms with van der Waals surface area (Å²) in [7, 11) is 0. The van der Waals surface area contributed by atoms with E-state index in [1.165, 1.54) is 0 Å². The average Bonchev–Trinajstić information content (AvgIpc) is 3.20. The van der Waals surface area contributed by atoms with Gasteiger partial charge in [0.1, 0.15) is 4.88 Å². The number of carbonyl (C=O) groups is 3. The summed E-state index contributed by atoms with van der Waals surface area (Å²) in [5, 5.41) is 3.60. The Labute approximate surface area is 171 Å². The molecule has 148 valence electrons. The van der Waals surface area contributed by atoms with Gasteiger partial charge in [-0.15, -0.1) is 0 Å². The molecule has 1 aliphatic rings.